The smallest absolute Gasteiger partial charge is 0.410 e. The van der Waals surface area contributed by atoms with Crippen LogP contribution in [0.5, 0.6) is 0 Å². The van der Waals surface area contributed by atoms with E-state index in [1.54, 1.807) is 26.8 Å². The van der Waals surface area contributed by atoms with Crippen LogP contribution in [-0.4, -0.2) is 89.5 Å². The Hall–Kier alpha value is -4.60. The van der Waals surface area contributed by atoms with E-state index in [0.717, 1.165) is 11.0 Å². The number of hydrogen-bond donors (Lipinski definition) is 1. The van der Waals surface area contributed by atoms with Crippen LogP contribution in [0.25, 0.3) is 0 Å². The van der Waals surface area contributed by atoms with Crippen LogP contribution in [0.2, 0.25) is 0 Å². The van der Waals surface area contributed by atoms with Gasteiger partial charge in [0.15, 0.2) is 5.78 Å². The molecule has 0 spiro atoms. The summed E-state index contributed by atoms with van der Waals surface area (Å²) in [7, 11) is -3.94. The van der Waals surface area contributed by atoms with Crippen LogP contribution in [0.1, 0.15) is 77.3 Å². The second kappa shape index (κ2) is 15.0. The molecule has 0 aromatic heterocycles. The van der Waals surface area contributed by atoms with E-state index in [1.165, 1.54) is 30.0 Å². The summed E-state index contributed by atoms with van der Waals surface area (Å²) >= 11 is 0. The van der Waals surface area contributed by atoms with Crippen molar-refractivity contribution in [2.75, 3.05) is 6.54 Å². The standard InChI is InChI=1S/C37H46FN3O11S/c1-7-23-16-37(23,34(46)39-53(48,49)25-12-13-25)17-30(42)29-14-24(51-35(47)40-18-22-10-9-11-28(38)27(22)20-40)19-41(29)33(45)26(21(3)50-31(43)8-2)15-32(44)52-36(4,5)6/h7-11,21,23-26,29H,1-2,12-20H2,3-6H3,(H,39,46)/t21-,23-,24?,26+,29+,37-/m1/s1. The predicted molar refractivity (Wildman–Crippen MR) is 186 cm³/mol. The molecule has 53 heavy (non-hydrogen) atoms. The van der Waals surface area contributed by atoms with Crippen LogP contribution in [0.3, 0.4) is 0 Å². The number of carbonyl (C=O) groups excluding carboxylic acids is 6. The van der Waals surface area contributed by atoms with Gasteiger partial charge >= 0.3 is 18.0 Å². The van der Waals surface area contributed by atoms with Gasteiger partial charge in [0.25, 0.3) is 0 Å². The quantitative estimate of drug-likeness (QED) is 0.127. The van der Waals surface area contributed by atoms with Gasteiger partial charge in [-0.1, -0.05) is 24.8 Å². The third kappa shape index (κ3) is 8.96. The summed E-state index contributed by atoms with van der Waals surface area (Å²) in [6.07, 6.45) is -0.880. The molecule has 3 fully saturated rings. The van der Waals surface area contributed by atoms with E-state index in [1.807, 2.05) is 0 Å². The summed E-state index contributed by atoms with van der Waals surface area (Å²) in [4.78, 5) is 83.1. The van der Waals surface area contributed by atoms with E-state index in [4.69, 9.17) is 14.2 Å². The Morgan fingerprint density at radius 3 is 2.40 bits per heavy atom. The summed E-state index contributed by atoms with van der Waals surface area (Å²) in [5.74, 6) is -6.20. The Balaban J connectivity index is 1.41. The number of fused-ring (bicyclic) bond motifs is 1. The minimum absolute atomic E-state index is 0.0486. The number of carbonyl (C=O) groups is 6. The van der Waals surface area contributed by atoms with Crippen molar-refractivity contribution in [3.63, 3.8) is 0 Å². The monoisotopic (exact) mass is 759 g/mol. The molecule has 16 heteroatoms. The van der Waals surface area contributed by atoms with Gasteiger partial charge in [0, 0.05) is 31.0 Å². The Labute approximate surface area is 308 Å². The van der Waals surface area contributed by atoms with Crippen molar-refractivity contribution in [3.05, 3.63) is 60.5 Å². The molecular weight excluding hydrogens is 713 g/mol. The van der Waals surface area contributed by atoms with Gasteiger partial charge in [-0.15, -0.1) is 6.58 Å². The fraction of sp³-hybridized carbons (Fsp3) is 0.568. The number of ether oxygens (including phenoxy) is 3. The summed E-state index contributed by atoms with van der Waals surface area (Å²) in [6.45, 7) is 13.2. The molecular formula is C37H46FN3O11S. The molecule has 14 nitrogen and oxygen atoms in total. The molecule has 288 valence electrons. The van der Waals surface area contributed by atoms with Crippen LogP contribution in [0, 0.1) is 23.1 Å². The number of hydrogen-bond acceptors (Lipinski definition) is 11. The third-order valence-electron chi connectivity index (χ3n) is 10.1. The molecule has 4 aliphatic rings. The number of likely N-dealkylation sites (tertiary alicyclic amines) is 1. The van der Waals surface area contributed by atoms with Crippen molar-refractivity contribution in [1.29, 1.82) is 0 Å². The van der Waals surface area contributed by atoms with Gasteiger partial charge in [0.2, 0.25) is 21.8 Å². The Kier molecular flexibility index (Phi) is 11.2. The number of esters is 2. The highest BCUT2D eigenvalue weighted by atomic mass is 32.2. The van der Waals surface area contributed by atoms with E-state index < -0.39 is 111 Å². The van der Waals surface area contributed by atoms with Crippen molar-refractivity contribution in [1.82, 2.24) is 14.5 Å². The summed E-state index contributed by atoms with van der Waals surface area (Å²) in [6, 6.07) is 3.23. The van der Waals surface area contributed by atoms with Crippen LogP contribution in [0.15, 0.2) is 43.5 Å². The van der Waals surface area contributed by atoms with Crippen LogP contribution in [0.4, 0.5) is 9.18 Å². The first kappa shape index (κ1) is 39.6. The van der Waals surface area contributed by atoms with Gasteiger partial charge in [-0.05, 0) is 64.5 Å². The summed E-state index contributed by atoms with van der Waals surface area (Å²) in [5.41, 5.74) is -1.39. The van der Waals surface area contributed by atoms with Gasteiger partial charge in [0.05, 0.1) is 42.1 Å². The SMILES string of the molecule is C=CC(=O)O[C@H](C)[C@H](CC(=O)OC(C)(C)C)C(=O)N1CC(OC(=O)N2Cc3cccc(F)c3C2)C[C@H]1C(=O)C[C@]1(C(=O)NS(=O)(=O)C2CC2)C[C@H]1C=C. The average molecular weight is 760 g/mol. The summed E-state index contributed by atoms with van der Waals surface area (Å²) < 4.78 is 58.5. The predicted octanol–water partition coefficient (Wildman–Crippen LogP) is 3.47. The molecule has 1 aromatic rings. The zero-order valence-corrected chi connectivity index (χ0v) is 31.1. The largest absolute Gasteiger partial charge is 0.460 e. The first-order chi connectivity index (χ1) is 24.8. The lowest BCUT2D eigenvalue weighted by Gasteiger charge is -2.31. The van der Waals surface area contributed by atoms with Gasteiger partial charge in [-0.3, -0.25) is 28.8 Å². The van der Waals surface area contributed by atoms with E-state index in [0.29, 0.717) is 24.0 Å². The summed E-state index contributed by atoms with van der Waals surface area (Å²) in [5, 5.41) is -0.683. The lowest BCUT2D eigenvalue weighted by molar-refractivity contribution is -0.164. The van der Waals surface area contributed by atoms with Crippen LogP contribution in [-0.2, 0) is 61.3 Å². The number of sulfonamides is 1. The number of nitrogens with one attached hydrogen (secondary N) is 1. The molecule has 0 bridgehead atoms. The number of rotatable bonds is 14. The minimum atomic E-state index is -3.94. The zero-order valence-electron chi connectivity index (χ0n) is 30.3. The van der Waals surface area contributed by atoms with Gasteiger partial charge in [0.1, 0.15) is 23.6 Å². The number of Topliss-reactive ketones (excluding diaryl/α,β-unsaturated/α-hetero) is 1. The molecule has 1 saturated heterocycles. The van der Waals surface area contributed by atoms with Gasteiger partial charge in [-0.2, -0.15) is 0 Å². The molecule has 2 aliphatic heterocycles. The van der Waals surface area contributed by atoms with Crippen molar-refractivity contribution >= 4 is 45.7 Å². The molecule has 2 saturated carbocycles. The first-order valence-electron chi connectivity index (χ1n) is 17.6. The number of allylic oxidation sites excluding steroid dienone is 1. The Morgan fingerprint density at radius 1 is 1.11 bits per heavy atom. The molecule has 5 rings (SSSR count). The number of benzene rings is 1. The van der Waals surface area contributed by atoms with Gasteiger partial charge in [-0.25, -0.2) is 22.4 Å². The van der Waals surface area contributed by atoms with Crippen molar-refractivity contribution in [2.24, 2.45) is 17.3 Å². The molecule has 1 unspecified atom stereocenters. The molecule has 1 aromatic carbocycles. The Morgan fingerprint density at radius 2 is 1.81 bits per heavy atom. The van der Waals surface area contributed by atoms with Crippen molar-refractivity contribution in [3.8, 4) is 0 Å². The molecule has 2 heterocycles. The minimum Gasteiger partial charge on any atom is -0.460 e. The number of halogens is 1. The molecule has 6 atom stereocenters. The lowest BCUT2D eigenvalue weighted by atomic mass is 9.90. The van der Waals surface area contributed by atoms with E-state index in [2.05, 4.69) is 17.9 Å². The topological polar surface area (TPSA) is 183 Å². The normalized spacial score (nSPS) is 24.7. The third-order valence-corrected chi connectivity index (χ3v) is 11.9. The average Bonchev–Trinajstić information content (AvgIpc) is 3.96. The second-order valence-corrected chi connectivity index (χ2v) is 17.2. The van der Waals surface area contributed by atoms with Crippen LogP contribution >= 0.6 is 0 Å². The van der Waals surface area contributed by atoms with Crippen molar-refractivity contribution < 1.29 is 55.8 Å². The number of amides is 3. The molecule has 1 N–H and O–H groups in total. The van der Waals surface area contributed by atoms with Crippen molar-refractivity contribution in [2.45, 2.75) is 108 Å². The fourth-order valence-electron chi connectivity index (χ4n) is 7.01. The fourth-order valence-corrected chi connectivity index (χ4v) is 8.40. The molecule has 3 amide bonds. The maximum Gasteiger partial charge on any atom is 0.410 e. The molecule has 2 aliphatic carbocycles. The highest BCUT2D eigenvalue weighted by Crippen LogP contribution is 2.57. The van der Waals surface area contributed by atoms with E-state index in [9.17, 15) is 41.6 Å². The zero-order chi connectivity index (χ0) is 39.0. The van der Waals surface area contributed by atoms with E-state index >= 15 is 0 Å². The number of nitrogens with zero attached hydrogens (tertiary/aromatic N) is 2. The maximum atomic E-state index is 14.4. The molecule has 0 radical (unpaired) electrons. The first-order valence-corrected chi connectivity index (χ1v) is 19.1. The number of ketones is 1. The Bertz CT molecular complexity index is 1820. The van der Waals surface area contributed by atoms with Gasteiger partial charge < -0.3 is 19.1 Å². The van der Waals surface area contributed by atoms with E-state index in [-0.39, 0.29) is 32.5 Å². The van der Waals surface area contributed by atoms with Crippen LogP contribution < -0.4 is 4.72 Å². The second-order valence-electron chi connectivity index (χ2n) is 15.2. The highest BCUT2D eigenvalue weighted by molar-refractivity contribution is 7.90. The maximum absolute atomic E-state index is 14.4. The highest BCUT2D eigenvalue weighted by Gasteiger charge is 2.61. The lowest BCUT2D eigenvalue weighted by Crippen LogP contribution is -2.49.